The molecule has 0 radical (unpaired) electrons. The molecule has 0 bridgehead atoms. The second-order valence-corrected chi connectivity index (χ2v) is 8.50. The van der Waals surface area contributed by atoms with Gasteiger partial charge in [0.05, 0.1) is 5.56 Å². The van der Waals surface area contributed by atoms with Gasteiger partial charge in [0.25, 0.3) is 11.8 Å². The minimum absolute atomic E-state index is 0.210. The van der Waals surface area contributed by atoms with Crippen molar-refractivity contribution >= 4 is 40.8 Å². The molecule has 0 aromatic heterocycles. The summed E-state index contributed by atoms with van der Waals surface area (Å²) in [6.45, 7) is 1.31. The van der Waals surface area contributed by atoms with E-state index in [2.05, 4.69) is 0 Å². The molecule has 1 aliphatic heterocycles. The first-order valence-electron chi connectivity index (χ1n) is 10.3. The molecule has 1 aliphatic rings. The SMILES string of the molecule is O=C(c1ccc(F)cc1)c1ccccc1C(=O)N1CCN(C(=O)c2cc(Cl)cc(Cl)c2)CC1. The maximum atomic E-state index is 13.2. The second kappa shape index (κ2) is 9.73. The summed E-state index contributed by atoms with van der Waals surface area (Å²) in [5.41, 5.74) is 1.21. The molecule has 1 saturated heterocycles. The normalized spacial score (nSPS) is 13.7. The van der Waals surface area contributed by atoms with Crippen LogP contribution in [0.1, 0.15) is 36.6 Å². The molecular weight excluding hydrogens is 466 g/mol. The summed E-state index contributed by atoms with van der Waals surface area (Å²) in [5.74, 6) is -1.30. The summed E-state index contributed by atoms with van der Waals surface area (Å²) in [4.78, 5) is 42.2. The number of hydrogen-bond acceptors (Lipinski definition) is 3. The smallest absolute Gasteiger partial charge is 0.254 e. The van der Waals surface area contributed by atoms with Crippen LogP contribution < -0.4 is 0 Å². The maximum absolute atomic E-state index is 13.2. The summed E-state index contributed by atoms with van der Waals surface area (Å²) in [7, 11) is 0. The molecule has 0 saturated carbocycles. The Morgan fingerprint density at radius 3 is 1.76 bits per heavy atom. The summed E-state index contributed by atoms with van der Waals surface area (Å²) in [6.07, 6.45) is 0. The van der Waals surface area contributed by atoms with Crippen molar-refractivity contribution in [3.63, 3.8) is 0 Å². The van der Waals surface area contributed by atoms with E-state index in [9.17, 15) is 18.8 Å². The Morgan fingerprint density at radius 2 is 1.18 bits per heavy atom. The van der Waals surface area contributed by atoms with E-state index in [4.69, 9.17) is 23.2 Å². The van der Waals surface area contributed by atoms with E-state index in [0.29, 0.717) is 47.4 Å². The van der Waals surface area contributed by atoms with Crippen LogP contribution in [0, 0.1) is 5.82 Å². The van der Waals surface area contributed by atoms with Crippen LogP contribution in [0.3, 0.4) is 0 Å². The number of carbonyl (C=O) groups excluding carboxylic acids is 3. The molecule has 8 heteroatoms. The van der Waals surface area contributed by atoms with Crippen LogP contribution in [0.15, 0.2) is 66.7 Å². The van der Waals surface area contributed by atoms with Crippen molar-refractivity contribution in [2.24, 2.45) is 0 Å². The second-order valence-electron chi connectivity index (χ2n) is 7.62. The average Bonchev–Trinajstić information content (AvgIpc) is 2.82. The number of rotatable bonds is 4. The van der Waals surface area contributed by atoms with Crippen LogP contribution >= 0.6 is 23.2 Å². The minimum atomic E-state index is -0.441. The first kappa shape index (κ1) is 23.0. The molecule has 1 heterocycles. The lowest BCUT2D eigenvalue weighted by atomic mass is 9.97. The van der Waals surface area contributed by atoms with Crippen LogP contribution in [-0.2, 0) is 0 Å². The Morgan fingerprint density at radius 1 is 0.667 bits per heavy atom. The van der Waals surface area contributed by atoms with Crippen molar-refractivity contribution in [2.45, 2.75) is 0 Å². The van der Waals surface area contributed by atoms with Crippen molar-refractivity contribution in [1.29, 1.82) is 0 Å². The van der Waals surface area contributed by atoms with Crippen molar-refractivity contribution in [3.8, 4) is 0 Å². The molecule has 0 atom stereocenters. The number of benzene rings is 3. The van der Waals surface area contributed by atoms with Gasteiger partial charge in [-0.25, -0.2) is 4.39 Å². The first-order valence-corrected chi connectivity index (χ1v) is 11.0. The Balaban J connectivity index is 1.48. The minimum Gasteiger partial charge on any atom is -0.335 e. The average molecular weight is 485 g/mol. The van der Waals surface area contributed by atoms with E-state index in [1.165, 1.54) is 24.3 Å². The number of ketones is 1. The summed E-state index contributed by atoms with van der Waals surface area (Å²) in [6, 6.07) is 16.4. The predicted octanol–water partition coefficient (Wildman–Crippen LogP) is 4.96. The Bertz CT molecular complexity index is 1200. The van der Waals surface area contributed by atoms with Gasteiger partial charge in [0.1, 0.15) is 5.82 Å². The highest BCUT2D eigenvalue weighted by Crippen LogP contribution is 2.22. The van der Waals surface area contributed by atoms with Crippen LogP contribution in [0.2, 0.25) is 10.0 Å². The number of hydrogen-bond donors (Lipinski definition) is 0. The van der Waals surface area contributed by atoms with Gasteiger partial charge in [-0.05, 0) is 48.5 Å². The van der Waals surface area contributed by atoms with E-state index in [0.717, 1.165) is 0 Å². The zero-order valence-corrected chi connectivity index (χ0v) is 18.9. The van der Waals surface area contributed by atoms with Gasteiger partial charge in [0, 0.05) is 52.9 Å². The lowest BCUT2D eigenvalue weighted by molar-refractivity contribution is 0.0534. The molecule has 4 rings (SSSR count). The van der Waals surface area contributed by atoms with Crippen molar-refractivity contribution in [1.82, 2.24) is 9.80 Å². The number of nitrogens with zero attached hydrogens (tertiary/aromatic N) is 2. The van der Waals surface area contributed by atoms with Gasteiger partial charge < -0.3 is 9.80 Å². The lowest BCUT2D eigenvalue weighted by Gasteiger charge is -2.35. The molecule has 3 aromatic carbocycles. The van der Waals surface area contributed by atoms with Gasteiger partial charge in [0.15, 0.2) is 5.78 Å². The van der Waals surface area contributed by atoms with Crippen molar-refractivity contribution in [2.75, 3.05) is 26.2 Å². The van der Waals surface area contributed by atoms with E-state index in [1.54, 1.807) is 52.3 Å². The largest absolute Gasteiger partial charge is 0.335 e. The molecule has 2 amide bonds. The van der Waals surface area contributed by atoms with E-state index >= 15 is 0 Å². The summed E-state index contributed by atoms with van der Waals surface area (Å²) >= 11 is 12.0. The zero-order chi connectivity index (χ0) is 23.5. The monoisotopic (exact) mass is 484 g/mol. The predicted molar refractivity (Wildman–Crippen MR) is 125 cm³/mol. The third-order valence-electron chi connectivity index (χ3n) is 5.47. The van der Waals surface area contributed by atoms with Gasteiger partial charge in [-0.15, -0.1) is 0 Å². The standard InChI is InChI=1S/C25H19Cl2FN2O3/c26-18-13-17(14-19(27)15-18)24(32)29-9-11-30(12-10-29)25(33)22-4-2-1-3-21(22)23(31)16-5-7-20(28)8-6-16/h1-8,13-15H,9-12H2. The fourth-order valence-corrected chi connectivity index (χ4v) is 4.29. The zero-order valence-electron chi connectivity index (χ0n) is 17.4. The van der Waals surface area contributed by atoms with Gasteiger partial charge in [0.2, 0.25) is 0 Å². The molecule has 0 unspecified atom stereocenters. The van der Waals surface area contributed by atoms with Crippen LogP contribution in [0.4, 0.5) is 4.39 Å². The van der Waals surface area contributed by atoms with Gasteiger partial charge >= 0.3 is 0 Å². The quantitative estimate of drug-likeness (QED) is 0.491. The van der Waals surface area contributed by atoms with Crippen molar-refractivity contribution < 1.29 is 18.8 Å². The molecule has 168 valence electrons. The third kappa shape index (κ3) is 5.07. The maximum Gasteiger partial charge on any atom is 0.254 e. The molecular formula is C25H19Cl2FN2O3. The van der Waals surface area contributed by atoms with E-state index in [1.807, 2.05) is 0 Å². The fraction of sp³-hybridized carbons (Fsp3) is 0.160. The molecule has 0 N–H and O–H groups in total. The van der Waals surface area contributed by atoms with E-state index < -0.39 is 5.82 Å². The molecule has 0 spiro atoms. The molecule has 33 heavy (non-hydrogen) atoms. The number of halogens is 3. The Kier molecular flexibility index (Phi) is 6.77. The summed E-state index contributed by atoms with van der Waals surface area (Å²) < 4.78 is 13.2. The van der Waals surface area contributed by atoms with Crippen LogP contribution in [0.25, 0.3) is 0 Å². The molecule has 0 aliphatic carbocycles. The topological polar surface area (TPSA) is 57.7 Å². The highest BCUT2D eigenvalue weighted by atomic mass is 35.5. The number of piperazine rings is 1. The lowest BCUT2D eigenvalue weighted by Crippen LogP contribution is -2.50. The van der Waals surface area contributed by atoms with Gasteiger partial charge in [-0.3, -0.25) is 14.4 Å². The fourth-order valence-electron chi connectivity index (χ4n) is 3.77. The number of amides is 2. The highest BCUT2D eigenvalue weighted by molar-refractivity contribution is 6.35. The molecule has 3 aromatic rings. The van der Waals surface area contributed by atoms with Crippen LogP contribution in [-0.4, -0.2) is 53.6 Å². The molecule has 5 nitrogen and oxygen atoms in total. The summed E-state index contributed by atoms with van der Waals surface area (Å²) in [5, 5.41) is 0.754. The van der Waals surface area contributed by atoms with E-state index in [-0.39, 0.29) is 28.7 Å². The number of carbonyl (C=O) groups is 3. The van der Waals surface area contributed by atoms with Crippen molar-refractivity contribution in [3.05, 3.63) is 105 Å². The Hall–Kier alpha value is -3.22. The third-order valence-corrected chi connectivity index (χ3v) is 5.91. The van der Waals surface area contributed by atoms with Crippen LogP contribution in [0.5, 0.6) is 0 Å². The highest BCUT2D eigenvalue weighted by Gasteiger charge is 2.28. The van der Waals surface area contributed by atoms with Gasteiger partial charge in [-0.2, -0.15) is 0 Å². The molecule has 1 fully saturated rings. The first-order chi connectivity index (χ1) is 15.8. The van der Waals surface area contributed by atoms with Gasteiger partial charge in [-0.1, -0.05) is 41.4 Å². The Labute approximate surface area is 200 Å².